The van der Waals surface area contributed by atoms with Gasteiger partial charge in [0.1, 0.15) is 6.61 Å². The normalized spacial score (nSPS) is 10.9. The topological polar surface area (TPSA) is 61.9 Å². The summed E-state index contributed by atoms with van der Waals surface area (Å²) >= 11 is 0. The Bertz CT molecular complexity index is 807. The first kappa shape index (κ1) is 13.8. The zero-order chi connectivity index (χ0) is 15.2. The molecule has 0 fully saturated rings. The molecule has 3 aromatic rings. The van der Waals surface area contributed by atoms with Crippen molar-refractivity contribution in [2.75, 3.05) is 6.61 Å². The fourth-order valence-electron chi connectivity index (χ4n) is 1.91. The quantitative estimate of drug-likeness (QED) is 0.716. The van der Waals surface area contributed by atoms with Gasteiger partial charge in [-0.1, -0.05) is 54.6 Å². The molecule has 1 aromatic heterocycles. The largest absolute Gasteiger partial charge is 0.402 e. The van der Waals surface area contributed by atoms with Crippen LogP contribution in [-0.4, -0.2) is 26.6 Å². The van der Waals surface area contributed by atoms with E-state index in [2.05, 4.69) is 10.4 Å². The van der Waals surface area contributed by atoms with Crippen LogP contribution in [0.4, 0.5) is 0 Å². The summed E-state index contributed by atoms with van der Waals surface area (Å²) in [5, 5.41) is 7.49. The van der Waals surface area contributed by atoms with E-state index in [1.165, 1.54) is 4.68 Å². The number of hydrogen-bond donors (Lipinski definition) is 0. The summed E-state index contributed by atoms with van der Waals surface area (Å²) in [6.07, 6.45) is 3.72. The van der Waals surface area contributed by atoms with Gasteiger partial charge in [0.05, 0.1) is 5.69 Å². The van der Waals surface area contributed by atoms with Crippen molar-refractivity contribution in [2.24, 2.45) is 0 Å². The van der Waals surface area contributed by atoms with Crippen LogP contribution in [0, 0.1) is 0 Å². The maximum absolute atomic E-state index is 12.1. The van der Waals surface area contributed by atoms with Gasteiger partial charge in [0, 0.05) is 0 Å². The standard InChI is InChI=1S/C16H14N4O2/c21-16-19(15-11-5-2-6-12-15)17-18-20(16)22-13-7-10-14-8-3-1-4-9-14/h1-12H,13H2/b10-7+. The minimum absolute atomic E-state index is 0.224. The lowest BCUT2D eigenvalue weighted by Gasteiger charge is -1.98. The minimum Gasteiger partial charge on any atom is -0.387 e. The molecular weight excluding hydrogens is 280 g/mol. The molecule has 0 radical (unpaired) electrons. The third kappa shape index (κ3) is 3.12. The Balaban J connectivity index is 1.66. The van der Waals surface area contributed by atoms with Crippen LogP contribution >= 0.6 is 0 Å². The number of hydrogen-bond acceptors (Lipinski definition) is 4. The van der Waals surface area contributed by atoms with Crippen LogP contribution < -0.4 is 10.5 Å². The summed E-state index contributed by atoms with van der Waals surface area (Å²) in [4.78, 5) is 18.2. The molecule has 0 bridgehead atoms. The van der Waals surface area contributed by atoms with Gasteiger partial charge >= 0.3 is 5.69 Å². The molecule has 3 rings (SSSR count). The monoisotopic (exact) mass is 294 g/mol. The molecule has 110 valence electrons. The second kappa shape index (κ2) is 6.53. The van der Waals surface area contributed by atoms with E-state index in [-0.39, 0.29) is 6.61 Å². The first-order valence-corrected chi connectivity index (χ1v) is 6.80. The van der Waals surface area contributed by atoms with E-state index in [9.17, 15) is 4.79 Å². The van der Waals surface area contributed by atoms with E-state index in [1.807, 2.05) is 60.7 Å². The second-order valence-corrected chi connectivity index (χ2v) is 4.49. The van der Waals surface area contributed by atoms with Gasteiger partial charge < -0.3 is 4.84 Å². The van der Waals surface area contributed by atoms with E-state index in [4.69, 9.17) is 4.84 Å². The third-order valence-electron chi connectivity index (χ3n) is 2.96. The molecule has 1 heterocycles. The molecule has 6 nitrogen and oxygen atoms in total. The van der Waals surface area contributed by atoms with Crippen LogP contribution in [0.1, 0.15) is 5.56 Å². The van der Waals surface area contributed by atoms with Crippen LogP contribution in [0.25, 0.3) is 11.8 Å². The highest BCUT2D eigenvalue weighted by Gasteiger charge is 2.08. The first-order valence-electron chi connectivity index (χ1n) is 6.80. The van der Waals surface area contributed by atoms with Gasteiger partial charge in [-0.25, -0.2) is 4.79 Å². The third-order valence-corrected chi connectivity index (χ3v) is 2.96. The predicted molar refractivity (Wildman–Crippen MR) is 82.5 cm³/mol. The minimum atomic E-state index is -0.445. The summed E-state index contributed by atoms with van der Waals surface area (Å²) in [6.45, 7) is 0.224. The summed E-state index contributed by atoms with van der Waals surface area (Å²) in [7, 11) is 0. The molecule has 0 aliphatic rings. The molecule has 0 aliphatic carbocycles. The van der Waals surface area contributed by atoms with E-state index in [0.717, 1.165) is 10.4 Å². The lowest BCUT2D eigenvalue weighted by Crippen LogP contribution is -2.29. The average molecular weight is 294 g/mol. The van der Waals surface area contributed by atoms with Gasteiger partial charge in [0.25, 0.3) is 0 Å². The molecule has 0 spiro atoms. The van der Waals surface area contributed by atoms with E-state index in [0.29, 0.717) is 5.69 Å². The number of tetrazole rings is 1. The van der Waals surface area contributed by atoms with Gasteiger partial charge in [-0.15, -0.1) is 0 Å². The lowest BCUT2D eigenvalue weighted by molar-refractivity contribution is 0.0924. The van der Waals surface area contributed by atoms with Crippen molar-refractivity contribution in [1.29, 1.82) is 0 Å². The van der Waals surface area contributed by atoms with Crippen molar-refractivity contribution < 1.29 is 4.84 Å². The van der Waals surface area contributed by atoms with Gasteiger partial charge in [0.2, 0.25) is 0 Å². The number of aromatic nitrogens is 4. The number of para-hydroxylation sites is 1. The number of benzene rings is 2. The molecule has 0 N–H and O–H groups in total. The summed E-state index contributed by atoms with van der Waals surface area (Å²) in [5.74, 6) is 0. The molecule has 22 heavy (non-hydrogen) atoms. The fraction of sp³-hybridized carbons (Fsp3) is 0.0625. The maximum atomic E-state index is 12.1. The van der Waals surface area contributed by atoms with E-state index < -0.39 is 5.69 Å². The van der Waals surface area contributed by atoms with Crippen molar-refractivity contribution in [3.8, 4) is 5.69 Å². The molecule has 6 heteroatoms. The molecular formula is C16H14N4O2. The Morgan fingerprint density at radius 1 is 0.955 bits per heavy atom. The highest BCUT2D eigenvalue weighted by molar-refractivity contribution is 5.48. The van der Waals surface area contributed by atoms with Crippen LogP contribution in [0.15, 0.2) is 71.5 Å². The van der Waals surface area contributed by atoms with Crippen molar-refractivity contribution in [3.05, 3.63) is 82.8 Å². The Morgan fingerprint density at radius 3 is 2.36 bits per heavy atom. The van der Waals surface area contributed by atoms with E-state index >= 15 is 0 Å². The summed E-state index contributed by atoms with van der Waals surface area (Å²) < 4.78 is 1.18. The molecule has 0 saturated carbocycles. The van der Waals surface area contributed by atoms with Gasteiger partial charge in [0.15, 0.2) is 0 Å². The second-order valence-electron chi connectivity index (χ2n) is 4.49. The van der Waals surface area contributed by atoms with Crippen molar-refractivity contribution >= 4 is 6.08 Å². The van der Waals surface area contributed by atoms with E-state index in [1.54, 1.807) is 12.1 Å². The van der Waals surface area contributed by atoms with Gasteiger partial charge in [-0.05, 0) is 39.0 Å². The van der Waals surface area contributed by atoms with Crippen molar-refractivity contribution in [1.82, 2.24) is 20.0 Å². The smallest absolute Gasteiger partial charge is 0.387 e. The average Bonchev–Trinajstić information content (AvgIpc) is 2.94. The highest BCUT2D eigenvalue weighted by atomic mass is 16.7. The first-order chi connectivity index (χ1) is 10.8. The Hall–Kier alpha value is -3.15. The molecule has 0 atom stereocenters. The lowest BCUT2D eigenvalue weighted by atomic mass is 10.2. The maximum Gasteiger partial charge on any atom is 0.402 e. The summed E-state index contributed by atoms with van der Waals surface area (Å²) in [6, 6.07) is 18.9. The highest BCUT2D eigenvalue weighted by Crippen LogP contribution is 2.01. The summed E-state index contributed by atoms with van der Waals surface area (Å²) in [5.41, 5.74) is 1.26. The Labute approximate surface area is 126 Å². The molecule has 0 amide bonds. The number of nitrogens with zero attached hydrogens (tertiary/aromatic N) is 4. The molecule has 2 aromatic carbocycles. The molecule has 0 saturated heterocycles. The van der Waals surface area contributed by atoms with Crippen LogP contribution in [0.5, 0.6) is 0 Å². The van der Waals surface area contributed by atoms with Gasteiger partial charge in [-0.2, -0.15) is 4.68 Å². The van der Waals surface area contributed by atoms with Gasteiger partial charge in [-0.3, -0.25) is 0 Å². The Kier molecular flexibility index (Phi) is 4.10. The molecule has 0 unspecified atom stereocenters. The molecule has 0 aliphatic heterocycles. The van der Waals surface area contributed by atoms with Crippen LogP contribution in [0.3, 0.4) is 0 Å². The zero-order valence-electron chi connectivity index (χ0n) is 11.7. The predicted octanol–water partition coefficient (Wildman–Crippen LogP) is 1.57. The fourth-order valence-corrected chi connectivity index (χ4v) is 1.91. The van der Waals surface area contributed by atoms with Crippen molar-refractivity contribution in [2.45, 2.75) is 0 Å². The Morgan fingerprint density at radius 2 is 1.64 bits per heavy atom. The number of rotatable bonds is 5. The SMILES string of the molecule is O=c1n(OC/C=C/c2ccccc2)nnn1-c1ccccc1. The van der Waals surface area contributed by atoms with Crippen molar-refractivity contribution in [3.63, 3.8) is 0 Å². The van der Waals surface area contributed by atoms with Crippen LogP contribution in [-0.2, 0) is 0 Å². The zero-order valence-corrected chi connectivity index (χ0v) is 11.7. The van der Waals surface area contributed by atoms with Crippen LogP contribution in [0.2, 0.25) is 0 Å².